The van der Waals surface area contributed by atoms with Crippen LogP contribution in [0.25, 0.3) is 16.9 Å². The van der Waals surface area contributed by atoms with Gasteiger partial charge in [-0.3, -0.25) is 4.99 Å². The van der Waals surface area contributed by atoms with Crippen molar-refractivity contribution < 1.29 is 4.74 Å². The van der Waals surface area contributed by atoms with Gasteiger partial charge < -0.3 is 15.1 Å². The molecule has 162 valence electrons. The van der Waals surface area contributed by atoms with Gasteiger partial charge in [0.2, 0.25) is 0 Å². The second-order valence-corrected chi connectivity index (χ2v) is 8.31. The van der Waals surface area contributed by atoms with Crippen LogP contribution >= 0.6 is 11.3 Å². The number of benzene rings is 2. The smallest absolute Gasteiger partial charge is 0.143 e. The zero-order valence-electron chi connectivity index (χ0n) is 18.2. The number of nitrogens with zero attached hydrogens (tertiary/aromatic N) is 5. The summed E-state index contributed by atoms with van der Waals surface area (Å²) in [6.45, 7) is 4.47. The second kappa shape index (κ2) is 9.57. The van der Waals surface area contributed by atoms with Crippen LogP contribution in [-0.4, -0.2) is 33.6 Å². The molecule has 2 heterocycles. The average Bonchev–Trinajstić information content (AvgIpc) is 3.45. The molecule has 32 heavy (non-hydrogen) atoms. The molecular weight excluding hydrogens is 420 g/mol. The summed E-state index contributed by atoms with van der Waals surface area (Å²) < 4.78 is 7.50. The Labute approximate surface area is 191 Å². The van der Waals surface area contributed by atoms with Crippen LogP contribution in [0.3, 0.4) is 0 Å². The first-order valence-corrected chi connectivity index (χ1v) is 10.9. The fourth-order valence-corrected chi connectivity index (χ4v) is 3.97. The Hall–Kier alpha value is -3.78. The van der Waals surface area contributed by atoms with Gasteiger partial charge in [-0.15, -0.1) is 11.3 Å². The molecule has 0 spiro atoms. The first-order valence-electron chi connectivity index (χ1n) is 10.1. The summed E-state index contributed by atoms with van der Waals surface area (Å²) in [5, 5.41) is 7.04. The summed E-state index contributed by atoms with van der Waals surface area (Å²) in [6.07, 6.45) is 5.39. The monoisotopic (exact) mass is 444 g/mol. The van der Waals surface area contributed by atoms with Crippen LogP contribution in [0.2, 0.25) is 0 Å². The van der Waals surface area contributed by atoms with Crippen LogP contribution in [0.1, 0.15) is 21.8 Å². The highest BCUT2D eigenvalue weighted by Crippen LogP contribution is 2.25. The molecule has 0 atom stereocenters. The zero-order valence-corrected chi connectivity index (χ0v) is 19.0. The molecule has 0 aliphatic rings. The Morgan fingerprint density at radius 3 is 2.78 bits per heavy atom. The van der Waals surface area contributed by atoms with Crippen molar-refractivity contribution in [3.8, 4) is 22.7 Å². The third-order valence-electron chi connectivity index (χ3n) is 4.93. The molecule has 2 N–H and O–H groups in total. The topological polar surface area (TPSA) is 90.7 Å². The Morgan fingerprint density at radius 1 is 1.22 bits per heavy atom. The summed E-state index contributed by atoms with van der Waals surface area (Å²) in [5.74, 6) is 6.36. The normalized spacial score (nSPS) is 11.9. The molecule has 0 saturated heterocycles. The number of aliphatic imine (C=N–C) groups is 1. The summed E-state index contributed by atoms with van der Waals surface area (Å²) in [4.78, 5) is 13.4. The minimum Gasteiger partial charge on any atom is -0.495 e. The lowest BCUT2D eigenvalue weighted by atomic mass is 10.1. The number of aromatic nitrogens is 3. The summed E-state index contributed by atoms with van der Waals surface area (Å²) in [5.41, 5.74) is 6.38. The molecule has 0 fully saturated rings. The van der Waals surface area contributed by atoms with Gasteiger partial charge in [0.1, 0.15) is 11.5 Å². The summed E-state index contributed by atoms with van der Waals surface area (Å²) >= 11 is 1.65. The molecule has 2 aromatic carbocycles. The molecule has 4 rings (SSSR count). The van der Waals surface area contributed by atoms with Crippen molar-refractivity contribution in [1.82, 2.24) is 14.5 Å². The molecule has 0 radical (unpaired) electrons. The Kier molecular flexibility index (Phi) is 6.42. The van der Waals surface area contributed by atoms with Gasteiger partial charge in [0.25, 0.3) is 0 Å². The first-order chi connectivity index (χ1) is 15.6. The van der Waals surface area contributed by atoms with Gasteiger partial charge in [0, 0.05) is 28.9 Å². The maximum Gasteiger partial charge on any atom is 0.143 e. The second-order valence-electron chi connectivity index (χ2n) is 7.25. The lowest BCUT2D eigenvalue weighted by molar-refractivity contribution is 0.413. The number of thiazole rings is 1. The Balaban J connectivity index is 1.51. The Bertz CT molecular complexity index is 1290. The fourth-order valence-electron chi connectivity index (χ4n) is 3.35. The minimum absolute atomic E-state index is 0.513. The minimum atomic E-state index is 0.513. The van der Waals surface area contributed by atoms with E-state index in [0.29, 0.717) is 18.0 Å². The van der Waals surface area contributed by atoms with E-state index in [9.17, 15) is 0 Å². The van der Waals surface area contributed by atoms with E-state index in [1.54, 1.807) is 31.0 Å². The van der Waals surface area contributed by atoms with E-state index in [0.717, 1.165) is 38.8 Å². The zero-order chi connectivity index (χ0) is 22.5. The number of rotatable bonds is 7. The number of aryl methyl sites for hydroxylation is 2. The third kappa shape index (κ3) is 4.76. The lowest BCUT2D eigenvalue weighted by Crippen LogP contribution is -2.07. The van der Waals surface area contributed by atoms with Gasteiger partial charge in [0.05, 0.1) is 42.1 Å². The number of ether oxygens (including phenoxy) is 1. The largest absolute Gasteiger partial charge is 0.495 e. The van der Waals surface area contributed by atoms with E-state index >= 15 is 0 Å². The van der Waals surface area contributed by atoms with Crippen molar-refractivity contribution in [3.63, 3.8) is 0 Å². The fraction of sp³-hybridized carbons (Fsp3) is 0.167. The number of imidazole rings is 1. The first kappa shape index (κ1) is 21.5. The number of nitrogens with two attached hydrogens (primary N) is 1. The molecule has 8 heteroatoms. The highest BCUT2D eigenvalue weighted by atomic mass is 32.1. The van der Waals surface area contributed by atoms with Crippen molar-refractivity contribution in [2.75, 3.05) is 7.11 Å². The molecule has 0 bridgehead atoms. The highest BCUT2D eigenvalue weighted by Gasteiger charge is 2.10. The van der Waals surface area contributed by atoms with Crippen LogP contribution in [0.15, 0.2) is 70.5 Å². The van der Waals surface area contributed by atoms with Gasteiger partial charge >= 0.3 is 0 Å². The van der Waals surface area contributed by atoms with Gasteiger partial charge in [0.15, 0.2) is 0 Å². The third-order valence-corrected chi connectivity index (χ3v) is 5.71. The van der Waals surface area contributed by atoms with E-state index in [1.807, 2.05) is 54.9 Å². The number of hydrogen-bond donors (Lipinski definition) is 1. The van der Waals surface area contributed by atoms with Crippen molar-refractivity contribution in [3.05, 3.63) is 82.2 Å². The Morgan fingerprint density at radius 2 is 2.09 bits per heavy atom. The molecule has 0 aliphatic carbocycles. The maximum absolute atomic E-state index is 5.66. The van der Waals surface area contributed by atoms with E-state index < -0.39 is 0 Å². The molecule has 7 nitrogen and oxygen atoms in total. The van der Waals surface area contributed by atoms with Crippen LogP contribution < -0.4 is 10.6 Å². The van der Waals surface area contributed by atoms with Crippen molar-refractivity contribution in [2.24, 2.45) is 15.9 Å². The summed E-state index contributed by atoms with van der Waals surface area (Å²) in [6, 6.07) is 14.0. The van der Waals surface area contributed by atoms with Crippen molar-refractivity contribution >= 4 is 23.3 Å². The quantitative estimate of drug-likeness (QED) is 0.257. The van der Waals surface area contributed by atoms with Crippen LogP contribution in [0.4, 0.5) is 0 Å². The molecule has 0 saturated carbocycles. The average molecular weight is 445 g/mol. The van der Waals surface area contributed by atoms with Gasteiger partial charge in [-0.1, -0.05) is 24.3 Å². The van der Waals surface area contributed by atoms with E-state index in [-0.39, 0.29) is 0 Å². The van der Waals surface area contributed by atoms with Gasteiger partial charge in [-0.25, -0.2) is 9.97 Å². The molecule has 2 aromatic heterocycles. The highest BCUT2D eigenvalue weighted by molar-refractivity contribution is 7.09. The van der Waals surface area contributed by atoms with E-state index in [2.05, 4.69) is 37.6 Å². The number of hydrazone groups is 1. The predicted octanol–water partition coefficient (Wildman–Crippen LogP) is 4.56. The lowest BCUT2D eigenvalue weighted by Gasteiger charge is -2.11. The number of hydrogen-bond acceptors (Lipinski definition) is 7. The van der Waals surface area contributed by atoms with Crippen LogP contribution in [-0.2, 0) is 6.54 Å². The van der Waals surface area contributed by atoms with Gasteiger partial charge in [-0.2, -0.15) is 5.10 Å². The van der Waals surface area contributed by atoms with Crippen LogP contribution in [0, 0.1) is 13.8 Å². The van der Waals surface area contributed by atoms with E-state index in [4.69, 9.17) is 10.6 Å². The molecular formula is C24H24N6OS. The van der Waals surface area contributed by atoms with Gasteiger partial charge in [-0.05, 0) is 37.6 Å². The molecule has 4 aromatic rings. The molecule has 0 amide bonds. The number of methoxy groups -OCH3 is 1. The molecule has 0 aliphatic heterocycles. The SMILES string of the molecule is COc1cc(/C(C=NCc2cccc(-c3csc(C)n3)c2)=N/N)ccc1-n1cnc(C)c1. The van der Waals surface area contributed by atoms with Crippen molar-refractivity contribution in [1.29, 1.82) is 0 Å². The standard InChI is InChI=1S/C24H24N6OS/c1-16-13-30(15-27-16)23-8-7-20(10-24(23)31-3)21(29-25)12-26-11-18-5-4-6-19(9-18)22-14-32-17(2)28-22/h4-10,12-15H,11,25H2,1-3H3/b26-12?,29-21+. The predicted molar refractivity (Wildman–Crippen MR) is 130 cm³/mol. The van der Waals surface area contributed by atoms with Crippen LogP contribution in [0.5, 0.6) is 5.75 Å². The summed E-state index contributed by atoms with van der Waals surface area (Å²) in [7, 11) is 1.64. The maximum atomic E-state index is 5.66. The van der Waals surface area contributed by atoms with E-state index in [1.165, 1.54) is 0 Å². The van der Waals surface area contributed by atoms with Crippen molar-refractivity contribution in [2.45, 2.75) is 20.4 Å². The molecule has 0 unspecified atom stereocenters.